The Hall–Kier alpha value is -1.15. The maximum absolute atomic E-state index is 9.59. The molecular weight excluding hydrogens is 292 g/mol. The van der Waals surface area contributed by atoms with Crippen LogP contribution < -0.4 is 5.73 Å². The highest BCUT2D eigenvalue weighted by atomic mass is 35.5. The number of halogens is 1. The average Bonchev–Trinajstić information content (AvgIpc) is 2.57. The lowest BCUT2D eigenvalue weighted by Crippen LogP contribution is -2.41. The first kappa shape index (κ1) is 16.2. The van der Waals surface area contributed by atoms with E-state index >= 15 is 0 Å². The monoisotopic (exact) mass is 311 g/mol. The summed E-state index contributed by atoms with van der Waals surface area (Å²) in [6.07, 6.45) is 3.01. The fourth-order valence-corrected chi connectivity index (χ4v) is 2.04. The van der Waals surface area contributed by atoms with Crippen molar-refractivity contribution in [2.45, 2.75) is 38.9 Å². The van der Waals surface area contributed by atoms with Crippen molar-refractivity contribution in [3.8, 4) is 0 Å². The van der Waals surface area contributed by atoms with Crippen LogP contribution in [-0.2, 0) is 9.31 Å². The van der Waals surface area contributed by atoms with Gasteiger partial charge < -0.3 is 20.1 Å². The summed E-state index contributed by atoms with van der Waals surface area (Å²) in [5.74, 6) is 0.235. The van der Waals surface area contributed by atoms with E-state index in [-0.39, 0.29) is 17.6 Å². The smallest absolute Gasteiger partial charge is 0.400 e. The van der Waals surface area contributed by atoms with Gasteiger partial charge in [-0.3, -0.25) is 0 Å². The molecule has 0 atom stereocenters. The summed E-state index contributed by atoms with van der Waals surface area (Å²) >= 11 is 5.99. The maximum atomic E-state index is 9.59. The first-order valence-corrected chi connectivity index (χ1v) is 6.99. The Morgan fingerprint density at radius 1 is 1.38 bits per heavy atom. The number of aliphatic hydroxyl groups is 1. The second-order valence-corrected chi connectivity index (χ2v) is 6.29. The third kappa shape index (κ3) is 3.21. The van der Waals surface area contributed by atoms with Crippen molar-refractivity contribution in [2.24, 2.45) is 0 Å². The average molecular weight is 312 g/mol. The lowest BCUT2D eigenvalue weighted by molar-refractivity contribution is 0.00578. The summed E-state index contributed by atoms with van der Waals surface area (Å²) in [6, 6.07) is 0. The van der Waals surface area contributed by atoms with Crippen LogP contribution in [0.4, 0.5) is 5.82 Å². The first-order valence-electron chi connectivity index (χ1n) is 6.61. The normalized spacial score (nSPS) is 20.9. The van der Waals surface area contributed by atoms with Crippen LogP contribution in [-0.4, -0.2) is 40.0 Å². The third-order valence-electron chi connectivity index (χ3n) is 3.84. The molecule has 6 nitrogen and oxygen atoms in total. The maximum Gasteiger partial charge on any atom is 0.492 e. The van der Waals surface area contributed by atoms with Gasteiger partial charge in [0, 0.05) is 0 Å². The van der Waals surface area contributed by atoms with Crippen LogP contribution in [0.2, 0.25) is 5.15 Å². The molecule has 3 N–H and O–H groups in total. The van der Waals surface area contributed by atoms with E-state index in [1.807, 2.05) is 27.7 Å². The number of anilines is 1. The van der Waals surface area contributed by atoms with Gasteiger partial charge in [-0.25, -0.2) is 9.97 Å². The van der Waals surface area contributed by atoms with E-state index in [1.165, 1.54) is 6.20 Å². The van der Waals surface area contributed by atoms with E-state index in [9.17, 15) is 5.11 Å². The van der Waals surface area contributed by atoms with Crippen molar-refractivity contribution in [3.05, 3.63) is 22.5 Å². The summed E-state index contributed by atoms with van der Waals surface area (Å²) in [5, 5.41) is 9.75. The molecule has 1 aliphatic heterocycles. The van der Waals surface area contributed by atoms with Crippen LogP contribution in [0.25, 0.3) is 6.08 Å². The second kappa shape index (κ2) is 5.57. The van der Waals surface area contributed by atoms with Gasteiger partial charge in [-0.05, 0) is 39.2 Å². The molecule has 0 unspecified atom stereocenters. The van der Waals surface area contributed by atoms with Crippen LogP contribution in [0.1, 0.15) is 33.4 Å². The minimum Gasteiger partial charge on any atom is -0.400 e. The minimum absolute atomic E-state index is 0.164. The Morgan fingerprint density at radius 2 is 1.95 bits per heavy atom. The van der Waals surface area contributed by atoms with Crippen LogP contribution in [0.3, 0.4) is 0 Å². The van der Waals surface area contributed by atoms with E-state index in [2.05, 4.69) is 9.97 Å². The Kier molecular flexibility index (Phi) is 4.30. The zero-order valence-electron chi connectivity index (χ0n) is 12.6. The Balaban J connectivity index is 2.31. The van der Waals surface area contributed by atoms with E-state index in [0.29, 0.717) is 11.2 Å². The molecule has 0 radical (unpaired) electrons. The predicted molar refractivity (Wildman–Crippen MR) is 82.6 cm³/mol. The van der Waals surface area contributed by atoms with E-state index in [4.69, 9.17) is 26.6 Å². The van der Waals surface area contributed by atoms with Gasteiger partial charge in [0.25, 0.3) is 0 Å². The molecule has 1 saturated heterocycles. The molecule has 114 valence electrons. The fraction of sp³-hybridized carbons (Fsp3) is 0.538. The Morgan fingerprint density at radius 3 is 2.43 bits per heavy atom. The van der Waals surface area contributed by atoms with Gasteiger partial charge >= 0.3 is 7.12 Å². The van der Waals surface area contributed by atoms with Gasteiger partial charge in [0.05, 0.1) is 29.7 Å². The molecule has 0 aromatic carbocycles. The number of hydrogen-bond acceptors (Lipinski definition) is 6. The summed E-state index contributed by atoms with van der Waals surface area (Å²) in [5.41, 5.74) is 5.47. The van der Waals surface area contributed by atoms with Crippen molar-refractivity contribution in [1.82, 2.24) is 9.97 Å². The van der Waals surface area contributed by atoms with E-state index in [0.717, 1.165) is 0 Å². The molecule has 1 aliphatic rings. The molecular formula is C13H19BClN3O3. The highest BCUT2D eigenvalue weighted by Crippen LogP contribution is 2.38. The van der Waals surface area contributed by atoms with Crippen molar-refractivity contribution in [3.63, 3.8) is 0 Å². The van der Waals surface area contributed by atoms with Gasteiger partial charge in [-0.1, -0.05) is 11.6 Å². The molecule has 0 spiro atoms. The minimum atomic E-state index is -0.657. The number of rotatable bonds is 3. The molecule has 0 aliphatic carbocycles. The topological polar surface area (TPSA) is 90.5 Å². The molecule has 2 rings (SSSR count). The number of aromatic nitrogens is 2. The first-order chi connectivity index (χ1) is 9.66. The quantitative estimate of drug-likeness (QED) is 0.826. The van der Waals surface area contributed by atoms with Crippen molar-refractivity contribution in [1.29, 1.82) is 0 Å². The fourth-order valence-electron chi connectivity index (χ4n) is 1.84. The molecule has 8 heteroatoms. The number of nitrogens with two attached hydrogens (primary N) is 1. The van der Waals surface area contributed by atoms with E-state index < -0.39 is 18.3 Å². The van der Waals surface area contributed by atoms with Crippen molar-refractivity contribution >= 4 is 30.6 Å². The van der Waals surface area contributed by atoms with Crippen LogP contribution in [0.15, 0.2) is 11.7 Å². The van der Waals surface area contributed by atoms with Gasteiger partial charge in [0.15, 0.2) is 5.15 Å². The molecule has 1 fully saturated rings. The SMILES string of the molecule is CC1(C)OB(C(=Cc2ncc(N)nc2Cl)CO)OC1(C)C. The molecule has 2 heterocycles. The molecule has 1 aromatic rings. The van der Waals surface area contributed by atoms with Gasteiger partial charge in [0.2, 0.25) is 0 Å². The summed E-state index contributed by atoms with van der Waals surface area (Å²) < 4.78 is 11.8. The Labute approximate surface area is 129 Å². The number of hydrogen-bond donors (Lipinski definition) is 2. The zero-order chi connectivity index (χ0) is 15.8. The summed E-state index contributed by atoms with van der Waals surface area (Å²) in [4.78, 5) is 8.01. The standard InChI is InChI=1S/C13H19BClN3O3/c1-12(2)13(3,4)21-14(20-12)8(7-19)5-9-11(15)18-10(16)6-17-9/h5-6,19H,7H2,1-4H3,(H2,16,18). The largest absolute Gasteiger partial charge is 0.492 e. The van der Waals surface area contributed by atoms with Gasteiger partial charge in [-0.15, -0.1) is 0 Å². The second-order valence-electron chi connectivity index (χ2n) is 5.94. The third-order valence-corrected chi connectivity index (χ3v) is 4.11. The van der Waals surface area contributed by atoms with Crippen LogP contribution >= 0.6 is 11.6 Å². The number of nitrogens with zero attached hydrogens (tertiary/aromatic N) is 2. The molecule has 1 aromatic heterocycles. The molecule has 0 bridgehead atoms. The predicted octanol–water partition coefficient (Wildman–Crippen LogP) is 1.72. The Bertz CT molecular complexity index is 562. The van der Waals surface area contributed by atoms with Crippen molar-refractivity contribution in [2.75, 3.05) is 12.3 Å². The van der Waals surface area contributed by atoms with Crippen LogP contribution in [0.5, 0.6) is 0 Å². The zero-order valence-corrected chi connectivity index (χ0v) is 13.3. The highest BCUT2D eigenvalue weighted by Gasteiger charge is 2.52. The molecule has 0 amide bonds. The lowest BCUT2D eigenvalue weighted by Gasteiger charge is -2.32. The lowest BCUT2D eigenvalue weighted by atomic mass is 9.78. The summed E-state index contributed by atoms with van der Waals surface area (Å²) in [7, 11) is -0.657. The van der Waals surface area contributed by atoms with Gasteiger partial charge in [0.1, 0.15) is 5.82 Å². The van der Waals surface area contributed by atoms with Gasteiger partial charge in [-0.2, -0.15) is 0 Å². The molecule has 21 heavy (non-hydrogen) atoms. The summed E-state index contributed by atoms with van der Waals surface area (Å²) in [6.45, 7) is 7.53. The van der Waals surface area contributed by atoms with Crippen LogP contribution in [0, 0.1) is 0 Å². The number of nitrogen functional groups attached to an aromatic ring is 1. The number of aliphatic hydroxyl groups excluding tert-OH is 1. The van der Waals surface area contributed by atoms with Crippen molar-refractivity contribution < 1.29 is 14.4 Å². The molecule has 0 saturated carbocycles. The highest BCUT2D eigenvalue weighted by molar-refractivity contribution is 6.56. The van der Waals surface area contributed by atoms with E-state index in [1.54, 1.807) is 6.08 Å².